The zero-order valence-electron chi connectivity index (χ0n) is 14.3. The second-order valence-corrected chi connectivity index (χ2v) is 6.27. The van der Waals surface area contributed by atoms with E-state index in [1.807, 2.05) is 0 Å². The minimum absolute atomic E-state index is 0.0522. The van der Waals surface area contributed by atoms with E-state index in [2.05, 4.69) is 16.0 Å². The molecule has 3 rings (SSSR count). The lowest BCUT2D eigenvalue weighted by molar-refractivity contribution is -0.137. The molecule has 0 spiro atoms. The van der Waals surface area contributed by atoms with E-state index in [4.69, 9.17) is 0 Å². The molecule has 8 heteroatoms. The largest absolute Gasteiger partial charge is 0.416 e. The van der Waals surface area contributed by atoms with Gasteiger partial charge >= 0.3 is 6.18 Å². The van der Waals surface area contributed by atoms with Crippen LogP contribution in [0.2, 0.25) is 0 Å². The Morgan fingerprint density at radius 3 is 2.48 bits per heavy atom. The van der Waals surface area contributed by atoms with Crippen LogP contribution in [0, 0.1) is 0 Å². The lowest BCUT2D eigenvalue weighted by Gasteiger charge is -2.13. The summed E-state index contributed by atoms with van der Waals surface area (Å²) in [6, 6.07) is 11.4. The van der Waals surface area contributed by atoms with E-state index in [1.54, 1.807) is 24.3 Å². The van der Waals surface area contributed by atoms with Crippen molar-refractivity contribution in [2.75, 3.05) is 17.2 Å². The second-order valence-electron chi connectivity index (χ2n) is 6.27. The van der Waals surface area contributed by atoms with Gasteiger partial charge < -0.3 is 16.0 Å². The summed E-state index contributed by atoms with van der Waals surface area (Å²) in [6.07, 6.45) is -2.56. The number of carbonyl (C=O) groups excluding carboxylic acids is 2. The van der Waals surface area contributed by atoms with Gasteiger partial charge in [0.2, 0.25) is 5.91 Å². The summed E-state index contributed by atoms with van der Waals surface area (Å²) in [5, 5.41) is 8.14. The Labute approximate surface area is 154 Å². The van der Waals surface area contributed by atoms with Crippen molar-refractivity contribution in [2.45, 2.75) is 25.1 Å². The van der Waals surface area contributed by atoms with E-state index < -0.39 is 17.6 Å². The van der Waals surface area contributed by atoms with Gasteiger partial charge in [-0.1, -0.05) is 18.2 Å². The lowest BCUT2D eigenvalue weighted by atomic mass is 10.1. The first-order valence-corrected chi connectivity index (χ1v) is 8.44. The van der Waals surface area contributed by atoms with Crippen molar-refractivity contribution in [3.63, 3.8) is 0 Å². The van der Waals surface area contributed by atoms with E-state index in [1.165, 1.54) is 12.1 Å². The summed E-state index contributed by atoms with van der Waals surface area (Å²) in [5.41, 5.74) is 0.109. The van der Waals surface area contributed by atoms with E-state index in [9.17, 15) is 22.8 Å². The molecule has 1 aliphatic rings. The van der Waals surface area contributed by atoms with Gasteiger partial charge in [-0.15, -0.1) is 0 Å². The molecule has 2 aromatic carbocycles. The number of nitrogens with one attached hydrogen (secondary N) is 3. The minimum Gasteiger partial charge on any atom is -0.376 e. The molecular weight excluding hydrogens is 359 g/mol. The predicted molar refractivity (Wildman–Crippen MR) is 95.5 cm³/mol. The summed E-state index contributed by atoms with van der Waals surface area (Å²) in [7, 11) is 0. The summed E-state index contributed by atoms with van der Waals surface area (Å²) < 4.78 is 38.2. The average molecular weight is 377 g/mol. The van der Waals surface area contributed by atoms with Gasteiger partial charge in [0, 0.05) is 17.4 Å². The molecule has 1 saturated carbocycles. The van der Waals surface area contributed by atoms with Gasteiger partial charge in [0.05, 0.1) is 17.7 Å². The van der Waals surface area contributed by atoms with E-state index in [0.29, 0.717) is 11.3 Å². The molecule has 142 valence electrons. The van der Waals surface area contributed by atoms with Crippen LogP contribution in [0.5, 0.6) is 0 Å². The Balaban J connectivity index is 1.60. The molecule has 0 unspecified atom stereocenters. The first-order chi connectivity index (χ1) is 12.8. The quantitative estimate of drug-likeness (QED) is 0.720. The molecule has 3 N–H and O–H groups in total. The number of halogens is 3. The maximum Gasteiger partial charge on any atom is 0.416 e. The number of benzene rings is 2. The van der Waals surface area contributed by atoms with Gasteiger partial charge in [0.1, 0.15) is 0 Å². The zero-order valence-corrected chi connectivity index (χ0v) is 14.3. The summed E-state index contributed by atoms with van der Waals surface area (Å²) in [6.45, 7) is -0.191. The van der Waals surface area contributed by atoms with Crippen LogP contribution in [0.3, 0.4) is 0 Å². The van der Waals surface area contributed by atoms with Crippen molar-refractivity contribution >= 4 is 23.2 Å². The van der Waals surface area contributed by atoms with Crippen molar-refractivity contribution in [3.8, 4) is 0 Å². The number of hydrogen-bond acceptors (Lipinski definition) is 3. The van der Waals surface area contributed by atoms with Gasteiger partial charge in [-0.25, -0.2) is 0 Å². The highest BCUT2D eigenvalue weighted by Crippen LogP contribution is 2.30. The van der Waals surface area contributed by atoms with Crippen molar-refractivity contribution in [1.82, 2.24) is 5.32 Å². The minimum atomic E-state index is -4.48. The Morgan fingerprint density at radius 1 is 1.04 bits per heavy atom. The van der Waals surface area contributed by atoms with Crippen LogP contribution in [-0.4, -0.2) is 24.4 Å². The molecule has 2 amide bonds. The highest BCUT2D eigenvalue weighted by Gasteiger charge is 2.30. The number of anilines is 2. The molecule has 2 aromatic rings. The molecular formula is C19H18F3N3O2. The van der Waals surface area contributed by atoms with Gasteiger partial charge in [-0.3, -0.25) is 9.59 Å². The first kappa shape index (κ1) is 18.8. The summed E-state index contributed by atoms with van der Waals surface area (Å²) in [4.78, 5) is 24.3. The van der Waals surface area contributed by atoms with Gasteiger partial charge in [0.25, 0.3) is 5.91 Å². The molecule has 0 aliphatic heterocycles. The average Bonchev–Trinajstić information content (AvgIpc) is 3.43. The number of para-hydroxylation sites is 1. The van der Waals surface area contributed by atoms with E-state index >= 15 is 0 Å². The van der Waals surface area contributed by atoms with Crippen LogP contribution in [0.4, 0.5) is 24.5 Å². The van der Waals surface area contributed by atoms with Crippen LogP contribution >= 0.6 is 0 Å². The lowest BCUT2D eigenvalue weighted by Crippen LogP contribution is -2.27. The number of alkyl halides is 3. The highest BCUT2D eigenvalue weighted by atomic mass is 19.4. The predicted octanol–water partition coefficient (Wildman–Crippen LogP) is 3.65. The van der Waals surface area contributed by atoms with Crippen LogP contribution in [0.1, 0.15) is 28.8 Å². The second kappa shape index (κ2) is 7.69. The number of carbonyl (C=O) groups is 2. The third-order valence-electron chi connectivity index (χ3n) is 4.00. The fourth-order valence-corrected chi connectivity index (χ4v) is 2.48. The van der Waals surface area contributed by atoms with Crippen LogP contribution < -0.4 is 16.0 Å². The molecule has 1 fully saturated rings. The van der Waals surface area contributed by atoms with Crippen LogP contribution in [0.25, 0.3) is 0 Å². The SMILES string of the molecule is O=C(CNc1ccccc1C(=O)NC1CC1)Nc1cccc(C(F)(F)F)c1. The molecule has 0 saturated heterocycles. The Kier molecular flexibility index (Phi) is 5.34. The third-order valence-corrected chi connectivity index (χ3v) is 4.00. The molecule has 27 heavy (non-hydrogen) atoms. The molecule has 0 atom stereocenters. The smallest absolute Gasteiger partial charge is 0.376 e. The molecule has 1 aliphatic carbocycles. The van der Waals surface area contributed by atoms with Gasteiger partial charge in [0.15, 0.2) is 0 Å². The Morgan fingerprint density at radius 2 is 1.78 bits per heavy atom. The fraction of sp³-hybridized carbons (Fsp3) is 0.263. The standard InChI is InChI=1S/C19H18F3N3O2/c20-19(21,22)12-4-3-5-14(10-12)24-17(26)11-23-16-7-2-1-6-15(16)18(27)25-13-8-9-13/h1-7,10,13,23H,8-9,11H2,(H,24,26)(H,25,27). The van der Waals surface area contributed by atoms with Crippen molar-refractivity contribution in [1.29, 1.82) is 0 Å². The molecule has 0 aromatic heterocycles. The number of amides is 2. The molecule has 0 heterocycles. The maximum atomic E-state index is 12.7. The van der Waals surface area contributed by atoms with Crippen molar-refractivity contribution in [2.24, 2.45) is 0 Å². The van der Waals surface area contributed by atoms with Crippen molar-refractivity contribution in [3.05, 3.63) is 59.7 Å². The topological polar surface area (TPSA) is 70.2 Å². The molecule has 0 radical (unpaired) electrons. The Hall–Kier alpha value is -3.03. The Bertz CT molecular complexity index is 848. The molecule has 5 nitrogen and oxygen atoms in total. The zero-order chi connectivity index (χ0) is 19.4. The van der Waals surface area contributed by atoms with Gasteiger partial charge in [-0.05, 0) is 43.2 Å². The maximum absolute atomic E-state index is 12.7. The number of hydrogen-bond donors (Lipinski definition) is 3. The number of rotatable bonds is 6. The van der Waals surface area contributed by atoms with Crippen molar-refractivity contribution < 1.29 is 22.8 Å². The van der Waals surface area contributed by atoms with E-state index in [0.717, 1.165) is 25.0 Å². The van der Waals surface area contributed by atoms with Gasteiger partial charge in [-0.2, -0.15) is 13.2 Å². The van der Waals surface area contributed by atoms with Crippen LogP contribution in [-0.2, 0) is 11.0 Å². The van der Waals surface area contributed by atoms with Crippen LogP contribution in [0.15, 0.2) is 48.5 Å². The monoisotopic (exact) mass is 377 g/mol. The molecule has 0 bridgehead atoms. The van der Waals surface area contributed by atoms with E-state index in [-0.39, 0.29) is 24.2 Å². The highest BCUT2D eigenvalue weighted by molar-refractivity contribution is 6.01. The third kappa shape index (κ3) is 5.22. The normalized spacial score (nSPS) is 13.7. The first-order valence-electron chi connectivity index (χ1n) is 8.44. The summed E-state index contributed by atoms with van der Waals surface area (Å²) in [5.74, 6) is -0.745. The fourth-order valence-electron chi connectivity index (χ4n) is 2.48. The summed E-state index contributed by atoms with van der Waals surface area (Å²) >= 11 is 0.